The van der Waals surface area contributed by atoms with E-state index in [-0.39, 0.29) is 0 Å². The molecule has 3 nitrogen and oxygen atoms in total. The first kappa shape index (κ1) is 12.9. The highest BCUT2D eigenvalue weighted by atomic mass is 35.5. The fraction of sp³-hybridized carbons (Fsp3) is 0.0714. The molecule has 0 radical (unpaired) electrons. The van der Waals surface area contributed by atoms with Crippen LogP contribution >= 0.6 is 11.6 Å². The van der Waals surface area contributed by atoms with Crippen LogP contribution in [0.25, 0.3) is 22.4 Å². The average Bonchev–Trinajstić information content (AvgIpc) is 2.81. The Morgan fingerprint density at radius 1 is 1.15 bits per heavy atom. The summed E-state index contributed by atoms with van der Waals surface area (Å²) < 4.78 is 31.6. The number of fused-ring (bicyclic) bond motifs is 1. The first-order valence-corrected chi connectivity index (χ1v) is 6.15. The molecule has 0 saturated carbocycles. The van der Waals surface area contributed by atoms with E-state index in [9.17, 15) is 8.78 Å². The molecule has 0 aliphatic rings. The summed E-state index contributed by atoms with van der Waals surface area (Å²) in [6, 6.07) is 7.18. The zero-order valence-electron chi connectivity index (χ0n) is 10.4. The van der Waals surface area contributed by atoms with Crippen LogP contribution in [0.15, 0.2) is 30.3 Å². The van der Waals surface area contributed by atoms with Crippen molar-refractivity contribution in [2.24, 2.45) is 0 Å². The quantitative estimate of drug-likeness (QED) is 0.770. The van der Waals surface area contributed by atoms with Crippen LogP contribution < -0.4 is 4.74 Å². The summed E-state index contributed by atoms with van der Waals surface area (Å²) in [5.74, 6) is -0.870. The molecule has 3 aromatic rings. The number of aromatic amines is 1. The molecule has 0 bridgehead atoms. The molecule has 1 aromatic heterocycles. The van der Waals surface area contributed by atoms with Gasteiger partial charge in [-0.25, -0.2) is 13.8 Å². The van der Waals surface area contributed by atoms with E-state index in [2.05, 4.69) is 9.97 Å². The van der Waals surface area contributed by atoms with Gasteiger partial charge in [-0.15, -0.1) is 0 Å². The van der Waals surface area contributed by atoms with Gasteiger partial charge in [0.25, 0.3) is 0 Å². The topological polar surface area (TPSA) is 37.9 Å². The molecule has 0 unspecified atom stereocenters. The van der Waals surface area contributed by atoms with Crippen LogP contribution in [0.4, 0.5) is 8.78 Å². The molecular formula is C14H9ClF2N2O. The second-order valence-electron chi connectivity index (χ2n) is 4.21. The molecule has 0 saturated heterocycles. The standard InChI is InChI=1S/C14H9ClF2N2O/c1-20-13-4-7(15)2-3-8(13)14-18-11-5-9(16)10(17)6-12(11)19-14/h2-6H,1H3,(H,18,19). The van der Waals surface area contributed by atoms with E-state index in [0.29, 0.717) is 33.2 Å². The fourth-order valence-electron chi connectivity index (χ4n) is 1.99. The maximum absolute atomic E-state index is 13.2. The van der Waals surface area contributed by atoms with Crippen LogP contribution in [0.5, 0.6) is 5.75 Å². The van der Waals surface area contributed by atoms with E-state index in [1.54, 1.807) is 18.2 Å². The van der Waals surface area contributed by atoms with Crippen molar-refractivity contribution in [3.8, 4) is 17.1 Å². The van der Waals surface area contributed by atoms with Gasteiger partial charge in [-0.05, 0) is 18.2 Å². The summed E-state index contributed by atoms with van der Waals surface area (Å²) >= 11 is 5.89. The lowest BCUT2D eigenvalue weighted by molar-refractivity contribution is 0.416. The van der Waals surface area contributed by atoms with Crippen molar-refractivity contribution < 1.29 is 13.5 Å². The summed E-state index contributed by atoms with van der Waals surface area (Å²) in [5, 5.41) is 0.527. The van der Waals surface area contributed by atoms with Gasteiger partial charge in [0, 0.05) is 17.2 Å². The number of H-pyrrole nitrogens is 1. The van der Waals surface area contributed by atoms with Gasteiger partial charge in [-0.2, -0.15) is 0 Å². The smallest absolute Gasteiger partial charge is 0.161 e. The van der Waals surface area contributed by atoms with Gasteiger partial charge in [0.1, 0.15) is 11.6 Å². The summed E-state index contributed by atoms with van der Waals surface area (Å²) in [4.78, 5) is 7.17. The molecule has 2 aromatic carbocycles. The number of hydrogen-bond donors (Lipinski definition) is 1. The van der Waals surface area contributed by atoms with Crippen LogP contribution in [0.3, 0.4) is 0 Å². The van der Waals surface area contributed by atoms with E-state index in [0.717, 1.165) is 12.1 Å². The molecular weight excluding hydrogens is 286 g/mol. The lowest BCUT2D eigenvalue weighted by Gasteiger charge is -2.06. The molecule has 102 valence electrons. The number of methoxy groups -OCH3 is 1. The monoisotopic (exact) mass is 294 g/mol. The lowest BCUT2D eigenvalue weighted by Crippen LogP contribution is -1.89. The molecule has 3 rings (SSSR count). The normalized spacial score (nSPS) is 11.0. The Hall–Kier alpha value is -2.14. The number of halogens is 3. The van der Waals surface area contributed by atoms with Gasteiger partial charge in [0.05, 0.1) is 23.7 Å². The minimum Gasteiger partial charge on any atom is -0.496 e. The fourth-order valence-corrected chi connectivity index (χ4v) is 2.16. The van der Waals surface area contributed by atoms with E-state index >= 15 is 0 Å². The largest absolute Gasteiger partial charge is 0.496 e. The summed E-state index contributed by atoms with van der Waals surface area (Å²) in [6.45, 7) is 0. The Morgan fingerprint density at radius 2 is 1.90 bits per heavy atom. The number of benzene rings is 2. The lowest BCUT2D eigenvalue weighted by atomic mass is 10.2. The van der Waals surface area contributed by atoms with Crippen molar-refractivity contribution in [1.82, 2.24) is 9.97 Å². The second-order valence-corrected chi connectivity index (χ2v) is 4.65. The minimum absolute atomic E-state index is 0.343. The van der Waals surface area contributed by atoms with Crippen molar-refractivity contribution in [1.29, 1.82) is 0 Å². The maximum atomic E-state index is 13.2. The molecule has 6 heteroatoms. The van der Waals surface area contributed by atoms with Crippen LogP contribution in [0, 0.1) is 11.6 Å². The molecule has 1 N–H and O–H groups in total. The Kier molecular flexibility index (Phi) is 3.06. The number of nitrogens with zero attached hydrogens (tertiary/aromatic N) is 1. The third kappa shape index (κ3) is 2.10. The Labute approximate surface area is 118 Å². The summed E-state index contributed by atoms with van der Waals surface area (Å²) in [7, 11) is 1.51. The van der Waals surface area contributed by atoms with E-state index in [1.807, 2.05) is 0 Å². The third-order valence-electron chi connectivity index (χ3n) is 2.94. The Balaban J connectivity index is 2.20. The van der Waals surface area contributed by atoms with Gasteiger partial charge in [-0.3, -0.25) is 0 Å². The minimum atomic E-state index is -0.932. The number of nitrogens with one attached hydrogen (secondary N) is 1. The first-order valence-electron chi connectivity index (χ1n) is 5.77. The van der Waals surface area contributed by atoms with Gasteiger partial charge < -0.3 is 9.72 Å². The molecule has 0 aliphatic heterocycles. The van der Waals surface area contributed by atoms with Crippen LogP contribution in [-0.2, 0) is 0 Å². The zero-order chi connectivity index (χ0) is 14.3. The summed E-state index contributed by atoms with van der Waals surface area (Å²) in [6.07, 6.45) is 0. The van der Waals surface area contributed by atoms with Crippen molar-refractivity contribution in [2.45, 2.75) is 0 Å². The number of hydrogen-bond acceptors (Lipinski definition) is 2. The highest BCUT2D eigenvalue weighted by molar-refractivity contribution is 6.30. The van der Waals surface area contributed by atoms with Gasteiger partial charge in [0.15, 0.2) is 11.6 Å². The highest BCUT2D eigenvalue weighted by Gasteiger charge is 2.13. The van der Waals surface area contributed by atoms with Gasteiger partial charge in [0.2, 0.25) is 0 Å². The van der Waals surface area contributed by atoms with Crippen molar-refractivity contribution in [2.75, 3.05) is 7.11 Å². The van der Waals surface area contributed by atoms with Crippen molar-refractivity contribution >= 4 is 22.6 Å². The predicted molar refractivity (Wildman–Crippen MR) is 73.0 cm³/mol. The van der Waals surface area contributed by atoms with Gasteiger partial charge in [-0.1, -0.05) is 11.6 Å². The van der Waals surface area contributed by atoms with Crippen LogP contribution in [-0.4, -0.2) is 17.1 Å². The third-order valence-corrected chi connectivity index (χ3v) is 3.18. The van der Waals surface area contributed by atoms with E-state index < -0.39 is 11.6 Å². The average molecular weight is 295 g/mol. The van der Waals surface area contributed by atoms with E-state index in [4.69, 9.17) is 16.3 Å². The molecule has 0 aliphatic carbocycles. The number of imidazole rings is 1. The zero-order valence-corrected chi connectivity index (χ0v) is 11.1. The van der Waals surface area contributed by atoms with Crippen LogP contribution in [0.2, 0.25) is 5.02 Å². The Morgan fingerprint density at radius 3 is 2.65 bits per heavy atom. The SMILES string of the molecule is COc1cc(Cl)ccc1-c1nc2cc(F)c(F)cc2[nH]1. The highest BCUT2D eigenvalue weighted by Crippen LogP contribution is 2.32. The molecule has 0 spiro atoms. The molecule has 0 fully saturated rings. The first-order chi connectivity index (χ1) is 9.58. The molecule has 20 heavy (non-hydrogen) atoms. The summed E-state index contributed by atoms with van der Waals surface area (Å²) in [5.41, 5.74) is 1.42. The number of aromatic nitrogens is 2. The number of rotatable bonds is 2. The van der Waals surface area contributed by atoms with Gasteiger partial charge >= 0.3 is 0 Å². The molecule has 1 heterocycles. The molecule has 0 amide bonds. The molecule has 0 atom stereocenters. The second kappa shape index (κ2) is 4.76. The van der Waals surface area contributed by atoms with Crippen molar-refractivity contribution in [3.05, 3.63) is 47.0 Å². The number of ether oxygens (including phenoxy) is 1. The van der Waals surface area contributed by atoms with Crippen molar-refractivity contribution in [3.63, 3.8) is 0 Å². The Bertz CT molecular complexity index is 762. The van der Waals surface area contributed by atoms with E-state index in [1.165, 1.54) is 7.11 Å². The predicted octanol–water partition coefficient (Wildman–Crippen LogP) is 4.17. The van der Waals surface area contributed by atoms with Crippen LogP contribution in [0.1, 0.15) is 0 Å². The maximum Gasteiger partial charge on any atom is 0.161 e.